The summed E-state index contributed by atoms with van der Waals surface area (Å²) in [5.41, 5.74) is 2.11. The van der Waals surface area contributed by atoms with Gasteiger partial charge in [-0.1, -0.05) is 44.2 Å². The number of piperidine rings is 1. The van der Waals surface area contributed by atoms with Gasteiger partial charge in [0, 0.05) is 30.6 Å². The van der Waals surface area contributed by atoms with Crippen molar-refractivity contribution in [3.05, 3.63) is 35.9 Å². The number of benzene rings is 1. The summed E-state index contributed by atoms with van der Waals surface area (Å²) in [5, 5.41) is 9.10. The molecule has 0 saturated carbocycles. The standard InChI is InChI=1S/C16H22N2O2/c1-12(13-7-5-4-6-8-13)17-14-9-10-18(15(19)20)11-16(14,2)3/h4-8,12H,9-11H2,1-3H3,(H,19,20)/t12-/m1/s1. The number of nitrogens with zero attached hydrogens (tertiary/aromatic N) is 2. The first-order valence-electron chi connectivity index (χ1n) is 7.00. The number of amides is 1. The van der Waals surface area contributed by atoms with E-state index in [1.165, 1.54) is 10.5 Å². The van der Waals surface area contributed by atoms with E-state index in [0.717, 1.165) is 12.1 Å². The summed E-state index contributed by atoms with van der Waals surface area (Å²) in [5.74, 6) is 0. The van der Waals surface area contributed by atoms with Gasteiger partial charge in [0.25, 0.3) is 0 Å². The molecule has 1 aromatic rings. The number of rotatable bonds is 2. The molecule has 1 N–H and O–H groups in total. The number of hydrogen-bond acceptors (Lipinski definition) is 2. The first-order valence-corrected chi connectivity index (χ1v) is 7.00. The van der Waals surface area contributed by atoms with Crippen LogP contribution in [0.4, 0.5) is 4.79 Å². The minimum Gasteiger partial charge on any atom is -0.465 e. The van der Waals surface area contributed by atoms with Crippen LogP contribution in [0.25, 0.3) is 0 Å². The molecule has 20 heavy (non-hydrogen) atoms. The van der Waals surface area contributed by atoms with Crippen molar-refractivity contribution in [2.24, 2.45) is 10.4 Å². The van der Waals surface area contributed by atoms with Crippen molar-refractivity contribution in [3.8, 4) is 0 Å². The fourth-order valence-corrected chi connectivity index (χ4v) is 2.67. The largest absolute Gasteiger partial charge is 0.465 e. The van der Waals surface area contributed by atoms with Crippen LogP contribution in [-0.4, -0.2) is 34.9 Å². The van der Waals surface area contributed by atoms with Crippen LogP contribution < -0.4 is 0 Å². The summed E-state index contributed by atoms with van der Waals surface area (Å²) in [6.07, 6.45) is -0.121. The molecule has 1 amide bonds. The molecule has 0 radical (unpaired) electrons. The van der Waals surface area contributed by atoms with Crippen LogP contribution in [0.2, 0.25) is 0 Å². The molecule has 1 saturated heterocycles. The molecule has 0 aromatic heterocycles. The van der Waals surface area contributed by atoms with Gasteiger partial charge in [-0.2, -0.15) is 0 Å². The Balaban J connectivity index is 2.16. The van der Waals surface area contributed by atoms with Crippen molar-refractivity contribution in [1.82, 2.24) is 4.90 Å². The molecule has 4 nitrogen and oxygen atoms in total. The SMILES string of the molecule is C[C@@H](N=C1CCN(C(=O)O)CC1(C)C)c1ccccc1. The van der Waals surface area contributed by atoms with Crippen LogP contribution in [0.15, 0.2) is 35.3 Å². The van der Waals surface area contributed by atoms with E-state index in [0.29, 0.717) is 13.1 Å². The van der Waals surface area contributed by atoms with Crippen LogP contribution in [0.3, 0.4) is 0 Å². The molecule has 0 bridgehead atoms. The molecule has 108 valence electrons. The zero-order chi connectivity index (χ0) is 14.8. The van der Waals surface area contributed by atoms with Gasteiger partial charge >= 0.3 is 6.09 Å². The number of aliphatic imine (C=N–C) groups is 1. The highest BCUT2D eigenvalue weighted by Crippen LogP contribution is 2.29. The Labute approximate surface area is 120 Å². The van der Waals surface area contributed by atoms with Gasteiger partial charge < -0.3 is 10.0 Å². The van der Waals surface area contributed by atoms with E-state index in [1.807, 2.05) is 18.2 Å². The van der Waals surface area contributed by atoms with Gasteiger partial charge in [-0.3, -0.25) is 4.99 Å². The Morgan fingerprint density at radius 3 is 2.55 bits per heavy atom. The van der Waals surface area contributed by atoms with Crippen molar-refractivity contribution < 1.29 is 9.90 Å². The van der Waals surface area contributed by atoms with Gasteiger partial charge in [0.15, 0.2) is 0 Å². The van der Waals surface area contributed by atoms with Gasteiger partial charge in [0.05, 0.1) is 6.04 Å². The second-order valence-corrected chi connectivity index (χ2v) is 6.00. The summed E-state index contributed by atoms with van der Waals surface area (Å²) < 4.78 is 0. The Hall–Kier alpha value is -1.84. The molecular formula is C16H22N2O2. The number of carbonyl (C=O) groups is 1. The van der Waals surface area contributed by atoms with Gasteiger partial charge in [-0.05, 0) is 12.5 Å². The molecule has 2 rings (SSSR count). The highest BCUT2D eigenvalue weighted by molar-refractivity contribution is 5.91. The van der Waals surface area contributed by atoms with Crippen LogP contribution in [-0.2, 0) is 0 Å². The highest BCUT2D eigenvalue weighted by atomic mass is 16.4. The van der Waals surface area contributed by atoms with E-state index in [1.54, 1.807) is 0 Å². The number of hydrogen-bond donors (Lipinski definition) is 1. The molecule has 1 aliphatic rings. The van der Waals surface area contributed by atoms with Crippen molar-refractivity contribution in [3.63, 3.8) is 0 Å². The van der Waals surface area contributed by atoms with Gasteiger partial charge in [0.2, 0.25) is 0 Å². The molecule has 1 aliphatic heterocycles. The summed E-state index contributed by atoms with van der Waals surface area (Å²) >= 11 is 0. The Bertz CT molecular complexity index is 508. The van der Waals surface area contributed by atoms with Crippen molar-refractivity contribution in [2.45, 2.75) is 33.2 Å². The van der Waals surface area contributed by atoms with Crippen LogP contribution in [0.1, 0.15) is 38.8 Å². The zero-order valence-electron chi connectivity index (χ0n) is 12.3. The van der Waals surface area contributed by atoms with E-state index in [-0.39, 0.29) is 11.5 Å². The smallest absolute Gasteiger partial charge is 0.407 e. The minimum atomic E-state index is -0.840. The molecule has 1 atom stereocenters. The van der Waals surface area contributed by atoms with Crippen LogP contribution >= 0.6 is 0 Å². The molecule has 1 fully saturated rings. The summed E-state index contributed by atoms with van der Waals surface area (Å²) in [6, 6.07) is 10.3. The predicted octanol–water partition coefficient (Wildman–Crippen LogP) is 3.60. The lowest BCUT2D eigenvalue weighted by Gasteiger charge is -2.38. The van der Waals surface area contributed by atoms with Gasteiger partial charge in [-0.15, -0.1) is 0 Å². The Kier molecular flexibility index (Phi) is 4.12. The third-order valence-corrected chi connectivity index (χ3v) is 3.89. The monoisotopic (exact) mass is 274 g/mol. The summed E-state index contributed by atoms with van der Waals surface area (Å²) in [6.45, 7) is 7.28. The van der Waals surface area contributed by atoms with Crippen LogP contribution in [0, 0.1) is 5.41 Å². The fraction of sp³-hybridized carbons (Fsp3) is 0.500. The van der Waals surface area contributed by atoms with E-state index >= 15 is 0 Å². The lowest BCUT2D eigenvalue weighted by atomic mass is 9.81. The topological polar surface area (TPSA) is 52.9 Å². The molecule has 1 aromatic carbocycles. The zero-order valence-corrected chi connectivity index (χ0v) is 12.3. The first-order chi connectivity index (χ1) is 9.40. The lowest BCUT2D eigenvalue weighted by Crippen LogP contribution is -2.48. The molecule has 0 spiro atoms. The average molecular weight is 274 g/mol. The maximum Gasteiger partial charge on any atom is 0.407 e. The lowest BCUT2D eigenvalue weighted by molar-refractivity contribution is 0.128. The maximum atomic E-state index is 11.1. The predicted molar refractivity (Wildman–Crippen MR) is 80.3 cm³/mol. The van der Waals surface area contributed by atoms with Gasteiger partial charge in [0.1, 0.15) is 0 Å². The first kappa shape index (κ1) is 14.6. The van der Waals surface area contributed by atoms with E-state index in [2.05, 4.69) is 32.9 Å². The summed E-state index contributed by atoms with van der Waals surface area (Å²) in [7, 11) is 0. The molecule has 0 aliphatic carbocycles. The normalized spacial score (nSPS) is 21.8. The van der Waals surface area contributed by atoms with E-state index in [9.17, 15) is 4.79 Å². The molecular weight excluding hydrogens is 252 g/mol. The second kappa shape index (κ2) is 5.65. The Morgan fingerprint density at radius 2 is 2.00 bits per heavy atom. The minimum absolute atomic E-state index is 0.113. The third-order valence-electron chi connectivity index (χ3n) is 3.89. The van der Waals surface area contributed by atoms with Crippen molar-refractivity contribution >= 4 is 11.8 Å². The van der Waals surface area contributed by atoms with Crippen molar-refractivity contribution in [2.75, 3.05) is 13.1 Å². The fourth-order valence-electron chi connectivity index (χ4n) is 2.67. The molecule has 4 heteroatoms. The van der Waals surface area contributed by atoms with E-state index in [4.69, 9.17) is 10.1 Å². The quantitative estimate of drug-likeness (QED) is 0.895. The average Bonchev–Trinajstić information content (AvgIpc) is 2.41. The maximum absolute atomic E-state index is 11.1. The number of carboxylic acid groups (broad SMARTS) is 1. The second-order valence-electron chi connectivity index (χ2n) is 6.00. The van der Waals surface area contributed by atoms with Crippen molar-refractivity contribution in [1.29, 1.82) is 0 Å². The van der Waals surface area contributed by atoms with Gasteiger partial charge in [-0.25, -0.2) is 4.79 Å². The highest BCUT2D eigenvalue weighted by Gasteiger charge is 2.34. The Morgan fingerprint density at radius 1 is 1.35 bits per heavy atom. The third kappa shape index (κ3) is 3.18. The summed E-state index contributed by atoms with van der Waals surface area (Å²) in [4.78, 5) is 17.4. The molecule has 0 unspecified atom stereocenters. The van der Waals surface area contributed by atoms with E-state index < -0.39 is 6.09 Å². The molecule has 1 heterocycles. The van der Waals surface area contributed by atoms with Crippen LogP contribution in [0.5, 0.6) is 0 Å². The number of likely N-dealkylation sites (tertiary alicyclic amines) is 1.